The molecule has 0 spiro atoms. The van der Waals surface area contributed by atoms with Crippen LogP contribution in [-0.2, 0) is 5.41 Å². The minimum atomic E-state index is -0.191. The summed E-state index contributed by atoms with van der Waals surface area (Å²) in [4.78, 5) is 21.9. The number of nitrogens with one attached hydrogen (secondary N) is 1. The Hall–Kier alpha value is -4.84. The maximum atomic E-state index is 5.43. The maximum Gasteiger partial charge on any atom is 0.177 e. The van der Waals surface area contributed by atoms with Gasteiger partial charge >= 0.3 is 0 Å². The number of benzene rings is 2. The fraction of sp³-hybridized carbons (Fsp3) is 0.176. The molecule has 0 saturated heterocycles. The molecule has 0 amide bonds. The molecule has 3 unspecified atom stereocenters. The highest BCUT2D eigenvalue weighted by molar-refractivity contribution is 5.86. The Kier molecular flexibility index (Phi) is 5.52. The second kappa shape index (κ2) is 9.12. The molecule has 6 heteroatoms. The molecule has 2 aromatic carbocycles. The zero-order valence-corrected chi connectivity index (χ0v) is 22.8. The van der Waals surface area contributed by atoms with Crippen LogP contribution in [-0.4, -0.2) is 26.0 Å². The van der Waals surface area contributed by atoms with Crippen LogP contribution >= 0.6 is 0 Å². The van der Waals surface area contributed by atoms with Gasteiger partial charge in [0.25, 0.3) is 0 Å². The topological polar surface area (TPSA) is 66.8 Å². The molecule has 0 bridgehead atoms. The number of anilines is 4. The average molecular weight is 523 g/mol. The molecule has 5 aromatic rings. The summed E-state index contributed by atoms with van der Waals surface area (Å²) >= 11 is 0. The predicted octanol–water partition coefficient (Wildman–Crippen LogP) is 7.72. The number of hydrogen-bond acceptors (Lipinski definition) is 6. The van der Waals surface area contributed by atoms with E-state index in [0.717, 1.165) is 39.7 Å². The summed E-state index contributed by atoms with van der Waals surface area (Å²) in [5.41, 5.74) is 6.28. The first kappa shape index (κ1) is 24.2. The smallest absolute Gasteiger partial charge is 0.177 e. The van der Waals surface area contributed by atoms with E-state index in [-0.39, 0.29) is 16.9 Å². The highest BCUT2D eigenvalue weighted by atomic mass is 15.3. The summed E-state index contributed by atoms with van der Waals surface area (Å²) in [5.74, 6) is 1.47. The van der Waals surface area contributed by atoms with Gasteiger partial charge in [-0.25, -0.2) is 9.97 Å². The Labute approximate surface area is 234 Å². The van der Waals surface area contributed by atoms with Crippen LogP contribution in [0, 0.1) is 5.41 Å². The third-order valence-electron chi connectivity index (χ3n) is 8.89. The first-order valence-electron chi connectivity index (χ1n) is 13.6. The van der Waals surface area contributed by atoms with Gasteiger partial charge in [0.05, 0.1) is 0 Å². The normalized spacial score (nSPS) is 22.9. The van der Waals surface area contributed by atoms with Crippen molar-refractivity contribution in [3.8, 4) is 22.5 Å². The molecule has 6 nitrogen and oxygen atoms in total. The summed E-state index contributed by atoms with van der Waals surface area (Å²) in [7, 11) is 0. The van der Waals surface area contributed by atoms with Gasteiger partial charge in [-0.2, -0.15) is 0 Å². The van der Waals surface area contributed by atoms with Gasteiger partial charge < -0.3 is 10.2 Å². The van der Waals surface area contributed by atoms with Crippen molar-refractivity contribution < 1.29 is 0 Å². The van der Waals surface area contributed by atoms with Gasteiger partial charge in [-0.1, -0.05) is 62.4 Å². The molecule has 7 rings (SSSR count). The zero-order valence-electron chi connectivity index (χ0n) is 22.8. The molecule has 40 heavy (non-hydrogen) atoms. The second-order valence-corrected chi connectivity index (χ2v) is 10.9. The standard InChI is InChI=1S/C34H30N6/c1-23-33(2)17-18-34(33,3)27-15-7-8-16-28(27)37-31-32(40(23)26-13-5-4-6-14-26)39-30(25-12-10-20-36-22-25)29(38-31)24-11-9-19-35-21-24/h4-23H,1-3H3,(H,37,38). The number of aromatic nitrogens is 4. The largest absolute Gasteiger partial charge is 0.337 e. The van der Waals surface area contributed by atoms with E-state index < -0.39 is 0 Å². The van der Waals surface area contributed by atoms with Gasteiger partial charge in [0.2, 0.25) is 0 Å². The second-order valence-electron chi connectivity index (χ2n) is 10.9. The van der Waals surface area contributed by atoms with E-state index in [1.165, 1.54) is 5.56 Å². The van der Waals surface area contributed by atoms with Crippen LogP contribution in [0.5, 0.6) is 0 Å². The van der Waals surface area contributed by atoms with Crippen LogP contribution in [0.3, 0.4) is 0 Å². The van der Waals surface area contributed by atoms with Gasteiger partial charge in [0, 0.05) is 64.2 Å². The summed E-state index contributed by atoms with van der Waals surface area (Å²) in [6.45, 7) is 6.99. The number of nitrogens with zero attached hydrogens (tertiary/aromatic N) is 5. The molecule has 0 saturated carbocycles. The van der Waals surface area contributed by atoms with Crippen molar-refractivity contribution in [3.63, 3.8) is 0 Å². The molecule has 0 fully saturated rings. The molecule has 1 aliphatic heterocycles. The van der Waals surface area contributed by atoms with Crippen molar-refractivity contribution in [2.75, 3.05) is 10.2 Å². The van der Waals surface area contributed by atoms with E-state index >= 15 is 0 Å². The lowest BCUT2D eigenvalue weighted by Crippen LogP contribution is -2.56. The minimum absolute atomic E-state index is 0.0527. The van der Waals surface area contributed by atoms with Gasteiger partial charge in [-0.05, 0) is 55.0 Å². The molecule has 1 N–H and O–H groups in total. The molecule has 3 aromatic heterocycles. The highest BCUT2D eigenvalue weighted by Gasteiger charge is 2.55. The van der Waals surface area contributed by atoms with E-state index in [0.29, 0.717) is 5.82 Å². The van der Waals surface area contributed by atoms with E-state index in [1.54, 1.807) is 12.4 Å². The molecule has 4 heterocycles. The SMILES string of the molecule is CC1N(c2ccccc2)c2nc(-c3cccnc3)c(-c3cccnc3)nc2Nc2ccccc2C2(C)C=CC12C. The van der Waals surface area contributed by atoms with E-state index in [1.807, 2.05) is 42.7 Å². The van der Waals surface area contributed by atoms with Crippen LogP contribution < -0.4 is 10.2 Å². The number of hydrogen-bond donors (Lipinski definition) is 1. The van der Waals surface area contributed by atoms with Gasteiger partial charge in [-0.15, -0.1) is 0 Å². The Morgan fingerprint density at radius 2 is 1.38 bits per heavy atom. The number of allylic oxidation sites excluding steroid dienone is 1. The Morgan fingerprint density at radius 1 is 0.725 bits per heavy atom. The van der Waals surface area contributed by atoms with E-state index in [9.17, 15) is 0 Å². The quantitative estimate of drug-likeness (QED) is 0.245. The summed E-state index contributed by atoms with van der Waals surface area (Å²) < 4.78 is 0. The molecule has 1 aliphatic carbocycles. The van der Waals surface area contributed by atoms with Crippen molar-refractivity contribution in [1.82, 2.24) is 19.9 Å². The van der Waals surface area contributed by atoms with Crippen molar-refractivity contribution in [1.29, 1.82) is 0 Å². The molecule has 2 aliphatic rings. The first-order valence-corrected chi connectivity index (χ1v) is 13.6. The average Bonchev–Trinajstić information content (AvgIpc) is 3.02. The van der Waals surface area contributed by atoms with Crippen LogP contribution in [0.4, 0.5) is 23.0 Å². The fourth-order valence-electron chi connectivity index (χ4n) is 6.19. The molecular weight excluding hydrogens is 492 g/mol. The van der Waals surface area contributed by atoms with E-state index in [2.05, 4.69) is 102 Å². The lowest BCUT2D eigenvalue weighted by atomic mass is 9.51. The van der Waals surface area contributed by atoms with Crippen molar-refractivity contribution in [2.24, 2.45) is 5.41 Å². The van der Waals surface area contributed by atoms with Crippen LogP contribution in [0.15, 0.2) is 116 Å². The van der Waals surface area contributed by atoms with Crippen LogP contribution in [0.2, 0.25) is 0 Å². The van der Waals surface area contributed by atoms with E-state index in [4.69, 9.17) is 9.97 Å². The number of pyridine rings is 2. The summed E-state index contributed by atoms with van der Waals surface area (Å²) in [5, 5.41) is 3.73. The van der Waals surface area contributed by atoms with Crippen LogP contribution in [0.25, 0.3) is 22.5 Å². The number of para-hydroxylation sites is 2. The van der Waals surface area contributed by atoms with Crippen LogP contribution in [0.1, 0.15) is 26.3 Å². The summed E-state index contributed by atoms with van der Waals surface area (Å²) in [6.07, 6.45) is 11.9. The highest BCUT2D eigenvalue weighted by Crippen LogP contribution is 2.59. The summed E-state index contributed by atoms with van der Waals surface area (Å²) in [6, 6.07) is 27.0. The van der Waals surface area contributed by atoms with Crippen molar-refractivity contribution in [2.45, 2.75) is 32.2 Å². The zero-order chi connectivity index (χ0) is 27.3. The van der Waals surface area contributed by atoms with Gasteiger partial charge in [0.15, 0.2) is 11.6 Å². The molecule has 196 valence electrons. The minimum Gasteiger partial charge on any atom is -0.337 e. The van der Waals surface area contributed by atoms with Gasteiger partial charge in [0.1, 0.15) is 11.4 Å². The third-order valence-corrected chi connectivity index (χ3v) is 8.89. The lowest BCUT2D eigenvalue weighted by molar-refractivity contribution is 0.190. The Bertz CT molecular complexity index is 1720. The Morgan fingerprint density at radius 3 is 2.00 bits per heavy atom. The number of rotatable bonds is 3. The van der Waals surface area contributed by atoms with Gasteiger partial charge in [-0.3, -0.25) is 9.97 Å². The first-order chi connectivity index (χ1) is 19.5. The molecular formula is C34H30N6. The Balaban J connectivity index is 1.57. The predicted molar refractivity (Wildman–Crippen MR) is 161 cm³/mol. The van der Waals surface area contributed by atoms with Crippen molar-refractivity contribution >= 4 is 23.0 Å². The van der Waals surface area contributed by atoms with Crippen molar-refractivity contribution in [3.05, 3.63) is 121 Å². The monoisotopic (exact) mass is 522 g/mol. The maximum absolute atomic E-state index is 5.43. The molecule has 3 atom stereocenters. The lowest BCUT2D eigenvalue weighted by Gasteiger charge is -2.56. The molecule has 0 radical (unpaired) electrons. The fourth-order valence-corrected chi connectivity index (χ4v) is 6.19. The third kappa shape index (κ3) is 3.56. The number of fused-ring (bicyclic) bond motifs is 4.